The fourth-order valence-corrected chi connectivity index (χ4v) is 3.72. The lowest BCUT2D eigenvalue weighted by atomic mass is 10.1. The van der Waals surface area contributed by atoms with Crippen LogP contribution in [0.3, 0.4) is 0 Å². The molecule has 1 aliphatic heterocycles. The number of hydrogen-bond acceptors (Lipinski definition) is 6. The Balaban J connectivity index is 1.36. The van der Waals surface area contributed by atoms with Crippen molar-refractivity contribution in [2.75, 3.05) is 19.0 Å². The van der Waals surface area contributed by atoms with Crippen LogP contribution in [0, 0.1) is 0 Å². The fraction of sp³-hybridized carbons (Fsp3) is 0.211. The van der Waals surface area contributed by atoms with E-state index in [9.17, 15) is 4.79 Å². The van der Waals surface area contributed by atoms with Gasteiger partial charge in [0, 0.05) is 17.1 Å². The highest BCUT2D eigenvalue weighted by Gasteiger charge is 2.16. The molecule has 0 unspecified atom stereocenters. The van der Waals surface area contributed by atoms with Crippen LogP contribution < -0.4 is 14.8 Å². The summed E-state index contributed by atoms with van der Waals surface area (Å²) < 4.78 is 13.0. The number of fused-ring (bicyclic) bond motifs is 1. The molecule has 0 bridgehead atoms. The molecule has 1 aromatic heterocycles. The van der Waals surface area contributed by atoms with E-state index in [0.29, 0.717) is 41.4 Å². The lowest BCUT2D eigenvalue weighted by Crippen LogP contribution is -2.26. The standard InChI is InChI=1S/C19H17ClN4O3S/c20-14-4-2-5-15(9-14)24-12-22-23-19(24)28-11-17(25)21-10-13-3-1-6-16-18(13)27-8-7-26-16/h1-6,9,12H,7-8,10-11H2,(H,21,25). The maximum absolute atomic E-state index is 12.3. The number of benzene rings is 2. The Morgan fingerprint density at radius 3 is 2.96 bits per heavy atom. The summed E-state index contributed by atoms with van der Waals surface area (Å²) in [5.41, 5.74) is 1.73. The number of ether oxygens (including phenoxy) is 2. The van der Waals surface area contributed by atoms with E-state index in [1.807, 2.05) is 36.4 Å². The number of aromatic nitrogens is 3. The Bertz CT molecular complexity index is 995. The van der Waals surface area contributed by atoms with Gasteiger partial charge in [-0.2, -0.15) is 0 Å². The molecule has 9 heteroatoms. The molecule has 0 saturated heterocycles. The van der Waals surface area contributed by atoms with Gasteiger partial charge in [0.1, 0.15) is 19.5 Å². The molecular formula is C19H17ClN4O3S. The smallest absolute Gasteiger partial charge is 0.230 e. The molecule has 2 heterocycles. The Kier molecular flexibility index (Phi) is 5.68. The summed E-state index contributed by atoms with van der Waals surface area (Å²) in [7, 11) is 0. The summed E-state index contributed by atoms with van der Waals surface area (Å²) in [5, 5.41) is 12.2. The number of nitrogens with one attached hydrogen (secondary N) is 1. The van der Waals surface area contributed by atoms with Gasteiger partial charge in [0.2, 0.25) is 5.91 Å². The zero-order chi connectivity index (χ0) is 19.3. The van der Waals surface area contributed by atoms with Crippen LogP contribution in [0.1, 0.15) is 5.56 Å². The molecule has 0 radical (unpaired) electrons. The maximum Gasteiger partial charge on any atom is 0.230 e. The Labute approximate surface area is 171 Å². The zero-order valence-electron chi connectivity index (χ0n) is 14.8. The van der Waals surface area contributed by atoms with E-state index >= 15 is 0 Å². The van der Waals surface area contributed by atoms with E-state index < -0.39 is 0 Å². The van der Waals surface area contributed by atoms with E-state index in [-0.39, 0.29) is 11.7 Å². The number of carbonyl (C=O) groups is 1. The van der Waals surface area contributed by atoms with Gasteiger partial charge >= 0.3 is 0 Å². The number of rotatable bonds is 6. The molecule has 0 atom stereocenters. The minimum Gasteiger partial charge on any atom is -0.486 e. The van der Waals surface area contributed by atoms with Gasteiger partial charge in [0.25, 0.3) is 0 Å². The average Bonchev–Trinajstić information content (AvgIpc) is 3.19. The summed E-state index contributed by atoms with van der Waals surface area (Å²) in [6.07, 6.45) is 1.60. The van der Waals surface area contributed by atoms with Crippen molar-refractivity contribution in [3.8, 4) is 17.2 Å². The lowest BCUT2D eigenvalue weighted by molar-refractivity contribution is -0.118. The predicted molar refractivity (Wildman–Crippen MR) is 106 cm³/mol. The highest BCUT2D eigenvalue weighted by atomic mass is 35.5. The van der Waals surface area contributed by atoms with Crippen molar-refractivity contribution in [2.45, 2.75) is 11.7 Å². The van der Waals surface area contributed by atoms with Crippen LogP contribution in [0.4, 0.5) is 0 Å². The van der Waals surface area contributed by atoms with Gasteiger partial charge < -0.3 is 14.8 Å². The van der Waals surface area contributed by atoms with Crippen LogP contribution in [-0.2, 0) is 11.3 Å². The van der Waals surface area contributed by atoms with Gasteiger partial charge in [-0.1, -0.05) is 41.6 Å². The van der Waals surface area contributed by atoms with Crippen molar-refractivity contribution in [2.24, 2.45) is 0 Å². The Morgan fingerprint density at radius 1 is 1.21 bits per heavy atom. The predicted octanol–water partition coefficient (Wildman–Crippen LogP) is 3.10. The van der Waals surface area contributed by atoms with Gasteiger partial charge in [-0.3, -0.25) is 9.36 Å². The third-order valence-electron chi connectivity index (χ3n) is 4.06. The van der Waals surface area contributed by atoms with E-state index in [1.165, 1.54) is 11.8 Å². The largest absolute Gasteiger partial charge is 0.486 e. The van der Waals surface area contributed by atoms with Crippen LogP contribution in [0.2, 0.25) is 5.02 Å². The highest BCUT2D eigenvalue weighted by Crippen LogP contribution is 2.33. The number of thioether (sulfide) groups is 1. The van der Waals surface area contributed by atoms with Crippen LogP contribution in [0.15, 0.2) is 53.9 Å². The molecule has 0 spiro atoms. The summed E-state index contributed by atoms with van der Waals surface area (Å²) >= 11 is 7.35. The molecule has 1 N–H and O–H groups in total. The molecule has 28 heavy (non-hydrogen) atoms. The fourth-order valence-electron chi connectivity index (χ4n) is 2.77. The van der Waals surface area contributed by atoms with Crippen LogP contribution in [0.5, 0.6) is 11.5 Å². The second kappa shape index (κ2) is 8.53. The molecule has 0 aliphatic carbocycles. The summed E-state index contributed by atoms with van der Waals surface area (Å²) in [6.45, 7) is 1.41. The molecule has 4 rings (SSSR count). The first-order chi connectivity index (χ1) is 13.7. The number of amides is 1. The quantitative estimate of drug-likeness (QED) is 0.622. The van der Waals surface area contributed by atoms with E-state index in [0.717, 1.165) is 11.3 Å². The molecule has 144 valence electrons. The first kappa shape index (κ1) is 18.6. The number of para-hydroxylation sites is 1. The summed E-state index contributed by atoms with van der Waals surface area (Å²) in [4.78, 5) is 12.3. The van der Waals surface area contributed by atoms with Crippen molar-refractivity contribution in [3.05, 3.63) is 59.4 Å². The van der Waals surface area contributed by atoms with Gasteiger partial charge in [-0.25, -0.2) is 0 Å². The van der Waals surface area contributed by atoms with Crippen molar-refractivity contribution in [3.63, 3.8) is 0 Å². The molecule has 1 aliphatic rings. The van der Waals surface area contributed by atoms with Gasteiger partial charge in [0.05, 0.1) is 11.4 Å². The maximum atomic E-state index is 12.3. The first-order valence-corrected chi connectivity index (χ1v) is 10.00. The molecule has 2 aromatic carbocycles. The Hall–Kier alpha value is -2.71. The van der Waals surface area contributed by atoms with Crippen LogP contribution >= 0.6 is 23.4 Å². The monoisotopic (exact) mass is 416 g/mol. The van der Waals surface area contributed by atoms with Crippen molar-refractivity contribution in [1.82, 2.24) is 20.1 Å². The SMILES string of the molecule is O=C(CSc1nncn1-c1cccc(Cl)c1)NCc1cccc2c1OCCO2. The molecule has 0 saturated carbocycles. The summed E-state index contributed by atoms with van der Waals surface area (Å²) in [6, 6.07) is 13.0. The molecule has 0 fully saturated rings. The Morgan fingerprint density at radius 2 is 2.07 bits per heavy atom. The number of carbonyl (C=O) groups excluding carboxylic acids is 1. The van der Waals surface area contributed by atoms with Crippen LogP contribution in [-0.4, -0.2) is 39.6 Å². The average molecular weight is 417 g/mol. The van der Waals surface area contributed by atoms with Gasteiger partial charge in [-0.05, 0) is 24.3 Å². The number of nitrogens with zero attached hydrogens (tertiary/aromatic N) is 3. The number of hydrogen-bond donors (Lipinski definition) is 1. The van der Waals surface area contributed by atoms with Crippen LogP contribution in [0.25, 0.3) is 5.69 Å². The third kappa shape index (κ3) is 4.23. The minimum absolute atomic E-state index is 0.111. The van der Waals surface area contributed by atoms with Crippen molar-refractivity contribution >= 4 is 29.3 Å². The second-order valence-corrected chi connectivity index (χ2v) is 7.35. The first-order valence-electron chi connectivity index (χ1n) is 8.63. The van der Waals surface area contributed by atoms with E-state index in [1.54, 1.807) is 17.0 Å². The topological polar surface area (TPSA) is 78.3 Å². The second-order valence-electron chi connectivity index (χ2n) is 5.97. The normalized spacial score (nSPS) is 12.6. The van der Waals surface area contributed by atoms with Crippen molar-refractivity contribution in [1.29, 1.82) is 0 Å². The lowest BCUT2D eigenvalue weighted by Gasteiger charge is -2.21. The van der Waals surface area contributed by atoms with E-state index in [2.05, 4.69) is 15.5 Å². The number of halogens is 1. The van der Waals surface area contributed by atoms with E-state index in [4.69, 9.17) is 21.1 Å². The highest BCUT2D eigenvalue weighted by molar-refractivity contribution is 7.99. The zero-order valence-corrected chi connectivity index (χ0v) is 16.4. The van der Waals surface area contributed by atoms with Gasteiger partial charge in [0.15, 0.2) is 16.7 Å². The molecule has 1 amide bonds. The van der Waals surface area contributed by atoms with Gasteiger partial charge in [-0.15, -0.1) is 10.2 Å². The molecular weight excluding hydrogens is 400 g/mol. The molecule has 3 aromatic rings. The third-order valence-corrected chi connectivity index (χ3v) is 5.24. The minimum atomic E-state index is -0.111. The molecule has 7 nitrogen and oxygen atoms in total. The van der Waals surface area contributed by atoms with Crippen molar-refractivity contribution < 1.29 is 14.3 Å². The summed E-state index contributed by atoms with van der Waals surface area (Å²) in [5.74, 6) is 1.51.